The second-order valence-electron chi connectivity index (χ2n) is 9.32. The third-order valence-electron chi connectivity index (χ3n) is 6.58. The number of rotatable bonds is 9. The van der Waals surface area contributed by atoms with E-state index in [0.29, 0.717) is 17.9 Å². The third-order valence-corrected chi connectivity index (χ3v) is 6.58. The lowest BCUT2D eigenvalue weighted by Gasteiger charge is -2.18. The zero-order valence-corrected chi connectivity index (χ0v) is 20.6. The molecule has 1 N–H and O–H groups in total. The molecule has 0 saturated heterocycles. The summed E-state index contributed by atoms with van der Waals surface area (Å²) in [5.41, 5.74) is 1.74. The normalized spacial score (nSPS) is 13.1. The van der Waals surface area contributed by atoms with E-state index in [1.54, 1.807) is 12.1 Å². The maximum Gasteiger partial charge on any atom is 0.261 e. The molecule has 0 radical (unpaired) electrons. The van der Waals surface area contributed by atoms with Crippen molar-refractivity contribution in [1.29, 1.82) is 0 Å². The number of hydrogen-bond acceptors (Lipinski definition) is 4. The molecular weight excluding hydrogens is 509 g/mol. The minimum atomic E-state index is -1.59. The van der Waals surface area contributed by atoms with Gasteiger partial charge in [0.2, 0.25) is 5.91 Å². The molecule has 198 valence electrons. The fourth-order valence-electron chi connectivity index (χ4n) is 4.58. The molecule has 1 aromatic heterocycles. The van der Waals surface area contributed by atoms with Crippen molar-refractivity contribution < 1.29 is 27.5 Å². The van der Waals surface area contributed by atoms with Crippen molar-refractivity contribution in [2.24, 2.45) is 0 Å². The van der Waals surface area contributed by atoms with Crippen molar-refractivity contribution in [3.05, 3.63) is 129 Å². The first-order chi connectivity index (χ1) is 18.8. The summed E-state index contributed by atoms with van der Waals surface area (Å²) in [5.74, 6) is -4.68. The van der Waals surface area contributed by atoms with Crippen LogP contribution < -0.4 is 15.6 Å². The van der Waals surface area contributed by atoms with E-state index in [0.717, 1.165) is 27.8 Å². The molecule has 0 fully saturated rings. The van der Waals surface area contributed by atoms with Crippen molar-refractivity contribution in [2.45, 2.75) is 25.3 Å². The van der Waals surface area contributed by atoms with Crippen LogP contribution in [0.2, 0.25) is 0 Å². The highest BCUT2D eigenvalue weighted by molar-refractivity contribution is 5.99. The second-order valence-corrected chi connectivity index (χ2v) is 9.32. The molecule has 0 aliphatic carbocycles. The SMILES string of the molecule is O=C1Cc2ccc(OC[C@H](CC(=O)c3cccn(Cc4cc(F)c(F)c(F)c4)c3=O)c3ccccc3)cc2N1. The number of pyridine rings is 1. The topological polar surface area (TPSA) is 77.4 Å². The van der Waals surface area contributed by atoms with Crippen LogP contribution in [0.3, 0.4) is 0 Å². The Morgan fingerprint density at radius 1 is 0.949 bits per heavy atom. The van der Waals surface area contributed by atoms with Gasteiger partial charge in [0.05, 0.1) is 25.1 Å². The van der Waals surface area contributed by atoms with E-state index in [2.05, 4.69) is 5.32 Å². The van der Waals surface area contributed by atoms with Gasteiger partial charge in [-0.15, -0.1) is 0 Å². The van der Waals surface area contributed by atoms with Crippen LogP contribution in [0.5, 0.6) is 5.75 Å². The lowest BCUT2D eigenvalue weighted by molar-refractivity contribution is -0.115. The predicted molar refractivity (Wildman–Crippen MR) is 139 cm³/mol. The molecule has 9 heteroatoms. The van der Waals surface area contributed by atoms with Crippen LogP contribution in [0, 0.1) is 17.5 Å². The number of ketones is 1. The molecule has 1 aliphatic heterocycles. The number of carbonyl (C=O) groups excluding carboxylic acids is 2. The molecule has 0 unspecified atom stereocenters. The van der Waals surface area contributed by atoms with E-state index in [1.165, 1.54) is 18.3 Å². The van der Waals surface area contributed by atoms with Crippen LogP contribution in [0.25, 0.3) is 0 Å². The van der Waals surface area contributed by atoms with Crippen LogP contribution in [0.1, 0.15) is 39.4 Å². The number of hydrogen-bond donors (Lipinski definition) is 1. The zero-order chi connectivity index (χ0) is 27.5. The van der Waals surface area contributed by atoms with E-state index in [-0.39, 0.29) is 36.6 Å². The van der Waals surface area contributed by atoms with Crippen LogP contribution in [-0.4, -0.2) is 22.9 Å². The summed E-state index contributed by atoms with van der Waals surface area (Å²) >= 11 is 0. The van der Waals surface area contributed by atoms with Gasteiger partial charge in [-0.1, -0.05) is 36.4 Å². The Hall–Kier alpha value is -4.66. The van der Waals surface area contributed by atoms with Crippen molar-refractivity contribution in [1.82, 2.24) is 4.57 Å². The van der Waals surface area contributed by atoms with Gasteiger partial charge in [0.1, 0.15) is 5.75 Å². The van der Waals surface area contributed by atoms with E-state index >= 15 is 0 Å². The van der Waals surface area contributed by atoms with Gasteiger partial charge in [-0.05, 0) is 47.0 Å². The molecule has 0 saturated carbocycles. The van der Waals surface area contributed by atoms with Crippen molar-refractivity contribution in [2.75, 3.05) is 11.9 Å². The number of amides is 1. The van der Waals surface area contributed by atoms with E-state index < -0.39 is 34.7 Å². The lowest BCUT2D eigenvalue weighted by Crippen LogP contribution is -2.27. The Morgan fingerprint density at radius 3 is 2.44 bits per heavy atom. The Balaban J connectivity index is 1.35. The molecule has 2 heterocycles. The van der Waals surface area contributed by atoms with E-state index in [4.69, 9.17) is 4.74 Å². The van der Waals surface area contributed by atoms with Gasteiger partial charge < -0.3 is 14.6 Å². The number of nitrogens with one attached hydrogen (secondary N) is 1. The first kappa shape index (κ1) is 26.0. The molecule has 3 aromatic carbocycles. The largest absolute Gasteiger partial charge is 0.493 e. The average Bonchev–Trinajstić information content (AvgIpc) is 3.30. The summed E-state index contributed by atoms with van der Waals surface area (Å²) in [6.07, 6.45) is 1.67. The quantitative estimate of drug-likeness (QED) is 0.236. The number of halogens is 3. The van der Waals surface area contributed by atoms with Crippen LogP contribution >= 0.6 is 0 Å². The minimum Gasteiger partial charge on any atom is -0.493 e. The zero-order valence-electron chi connectivity index (χ0n) is 20.6. The summed E-state index contributed by atoms with van der Waals surface area (Å²) in [6.45, 7) is -0.105. The molecule has 1 atom stereocenters. The highest BCUT2D eigenvalue weighted by Gasteiger charge is 2.22. The number of carbonyl (C=O) groups is 2. The first-order valence-corrected chi connectivity index (χ1v) is 12.2. The monoisotopic (exact) mass is 532 g/mol. The third kappa shape index (κ3) is 5.77. The Bertz CT molecular complexity index is 1600. The number of benzene rings is 3. The standard InChI is InChI=1S/C30H23F3N2O4/c31-24-11-18(12-25(32)29(24)33)16-35-10-4-7-23(30(35)38)27(36)13-21(19-5-2-1-3-6-19)17-39-22-9-8-20-14-28(37)34-26(20)15-22/h1-12,15,21H,13-14,16-17H2,(H,34,37)/t21-/m0/s1. The lowest BCUT2D eigenvalue weighted by atomic mass is 9.92. The van der Waals surface area contributed by atoms with Gasteiger partial charge in [-0.25, -0.2) is 13.2 Å². The van der Waals surface area contributed by atoms with Crippen molar-refractivity contribution >= 4 is 17.4 Å². The molecule has 0 bridgehead atoms. The van der Waals surface area contributed by atoms with E-state index in [9.17, 15) is 27.6 Å². The average molecular weight is 533 g/mol. The molecule has 5 rings (SSSR count). The number of fused-ring (bicyclic) bond motifs is 1. The Morgan fingerprint density at radius 2 is 1.69 bits per heavy atom. The van der Waals surface area contributed by atoms with Gasteiger partial charge in [0.25, 0.3) is 5.56 Å². The number of anilines is 1. The predicted octanol–water partition coefficient (Wildman–Crippen LogP) is 5.24. The maximum absolute atomic E-state index is 13.6. The molecule has 0 spiro atoms. The van der Waals surface area contributed by atoms with Gasteiger partial charge in [-0.3, -0.25) is 14.4 Å². The minimum absolute atomic E-state index is 0.0370. The van der Waals surface area contributed by atoms with Gasteiger partial charge in [-0.2, -0.15) is 0 Å². The van der Waals surface area contributed by atoms with Gasteiger partial charge >= 0.3 is 0 Å². The second kappa shape index (κ2) is 11.0. The molecule has 1 amide bonds. The number of Topliss-reactive ketones (excluding diaryl/α,β-unsaturated/α-hetero) is 1. The molecule has 39 heavy (non-hydrogen) atoms. The van der Waals surface area contributed by atoms with Gasteiger partial charge in [0.15, 0.2) is 23.2 Å². The Kier molecular flexibility index (Phi) is 7.31. The highest BCUT2D eigenvalue weighted by atomic mass is 19.2. The van der Waals surface area contributed by atoms with Crippen LogP contribution in [-0.2, 0) is 17.8 Å². The van der Waals surface area contributed by atoms with Crippen molar-refractivity contribution in [3.8, 4) is 5.75 Å². The molecule has 6 nitrogen and oxygen atoms in total. The summed E-state index contributed by atoms with van der Waals surface area (Å²) in [5, 5.41) is 2.78. The first-order valence-electron chi connectivity index (χ1n) is 12.2. The molecule has 1 aliphatic rings. The maximum atomic E-state index is 13.6. The number of ether oxygens (including phenoxy) is 1. The Labute approximate surface area is 221 Å². The van der Waals surface area contributed by atoms with Crippen LogP contribution in [0.4, 0.5) is 18.9 Å². The number of aromatic nitrogens is 1. The summed E-state index contributed by atoms with van der Waals surface area (Å²) in [4.78, 5) is 38.1. The number of nitrogens with zero attached hydrogens (tertiary/aromatic N) is 1. The van der Waals surface area contributed by atoms with E-state index in [1.807, 2.05) is 36.4 Å². The summed E-state index contributed by atoms with van der Waals surface area (Å²) in [7, 11) is 0. The summed E-state index contributed by atoms with van der Waals surface area (Å²) < 4.78 is 47.7. The fraction of sp³-hybridized carbons (Fsp3) is 0.167. The van der Waals surface area contributed by atoms with Crippen LogP contribution in [0.15, 0.2) is 83.8 Å². The van der Waals surface area contributed by atoms with Gasteiger partial charge in [0, 0.05) is 30.3 Å². The molecular formula is C30H23F3N2O4. The summed E-state index contributed by atoms with van der Waals surface area (Å²) in [6, 6.07) is 19.1. The smallest absolute Gasteiger partial charge is 0.261 e. The highest BCUT2D eigenvalue weighted by Crippen LogP contribution is 2.29. The molecule has 4 aromatic rings. The van der Waals surface area contributed by atoms with Crippen molar-refractivity contribution in [3.63, 3.8) is 0 Å². The fourth-order valence-corrected chi connectivity index (χ4v) is 4.58.